The number of alkyl halides is 1. The van der Waals surface area contributed by atoms with E-state index in [0.29, 0.717) is 66.8 Å². The van der Waals surface area contributed by atoms with Gasteiger partial charge < -0.3 is 19.0 Å². The number of hydrogen-bond donors (Lipinski definition) is 1. The molecule has 55 heavy (non-hydrogen) atoms. The second-order valence-corrected chi connectivity index (χ2v) is 12.9. The maximum Gasteiger partial charge on any atom is 0.340 e. The van der Waals surface area contributed by atoms with Crippen molar-refractivity contribution in [2.45, 2.75) is 12.4 Å². The van der Waals surface area contributed by atoms with Crippen molar-refractivity contribution in [1.82, 2.24) is 29.5 Å². The number of halogens is 3. The minimum Gasteiger partial charge on any atom is -0.465 e. The number of H-pyrrole nitrogens is 1. The molecular formula is C40H27Cl3N8O4. The molecule has 0 bridgehead atoms. The lowest BCUT2D eigenvalue weighted by Gasteiger charge is -2.06. The summed E-state index contributed by atoms with van der Waals surface area (Å²) in [5.41, 5.74) is 6.62. The summed E-state index contributed by atoms with van der Waals surface area (Å²) in [6.45, 7) is 0.495. The Morgan fingerprint density at radius 3 is 1.89 bits per heavy atom. The first kappa shape index (κ1) is 38.2. The van der Waals surface area contributed by atoms with E-state index in [0.717, 1.165) is 32.9 Å². The number of aromatic amines is 1. The number of fused-ring (bicyclic) bond motifs is 4. The number of esters is 2. The van der Waals surface area contributed by atoms with Crippen molar-refractivity contribution in [2.24, 2.45) is 0 Å². The number of carbonyl (C=O) groups excluding carboxylic acids is 2. The molecular weight excluding hydrogens is 763 g/mol. The summed E-state index contributed by atoms with van der Waals surface area (Å²) >= 11 is 17.6. The molecule has 0 spiro atoms. The molecule has 0 amide bonds. The smallest absolute Gasteiger partial charge is 0.340 e. The topological polar surface area (TPSA) is 172 Å². The number of nitrogens with zero attached hydrogens (tertiary/aromatic N) is 7. The van der Waals surface area contributed by atoms with E-state index in [1.165, 1.54) is 32.8 Å². The van der Waals surface area contributed by atoms with Gasteiger partial charge in [-0.15, -0.1) is 11.6 Å². The van der Waals surface area contributed by atoms with E-state index in [1.807, 2.05) is 65.2 Å². The molecule has 0 radical (unpaired) electrons. The van der Waals surface area contributed by atoms with Crippen LogP contribution in [-0.4, -0.2) is 55.6 Å². The van der Waals surface area contributed by atoms with Crippen LogP contribution in [0.1, 0.15) is 43.0 Å². The molecule has 0 aliphatic heterocycles. The van der Waals surface area contributed by atoms with Crippen LogP contribution in [0.25, 0.3) is 43.9 Å². The SMILES string of the molecule is COC(=O)c1c[nH]c2ncc(C#N)cc12.COC(=O)c1cn(Cc2ccc3ncc(Cl)cc3c2)c2ncc(C#N)cc12.ClCc1ccc2ncc(Cl)cc2c1. The van der Waals surface area contributed by atoms with Gasteiger partial charge >= 0.3 is 11.9 Å². The van der Waals surface area contributed by atoms with Crippen molar-refractivity contribution in [3.05, 3.63) is 141 Å². The summed E-state index contributed by atoms with van der Waals surface area (Å²) in [5, 5.41) is 22.2. The van der Waals surface area contributed by atoms with Crippen LogP contribution in [0.2, 0.25) is 10.0 Å². The summed E-state index contributed by atoms with van der Waals surface area (Å²) in [5.74, 6) is -0.397. The third kappa shape index (κ3) is 8.64. The van der Waals surface area contributed by atoms with Gasteiger partial charge in [-0.25, -0.2) is 19.6 Å². The zero-order chi connectivity index (χ0) is 39.1. The molecule has 0 saturated carbocycles. The molecule has 6 aromatic heterocycles. The second kappa shape index (κ2) is 17.1. The van der Waals surface area contributed by atoms with Crippen molar-refractivity contribution in [3.8, 4) is 12.1 Å². The van der Waals surface area contributed by atoms with Crippen LogP contribution in [0, 0.1) is 22.7 Å². The molecule has 0 saturated heterocycles. The van der Waals surface area contributed by atoms with Crippen LogP contribution < -0.4 is 0 Å². The predicted molar refractivity (Wildman–Crippen MR) is 210 cm³/mol. The van der Waals surface area contributed by atoms with Gasteiger partial charge in [-0.3, -0.25) is 9.97 Å². The Bertz CT molecular complexity index is 2820. The zero-order valence-corrected chi connectivity index (χ0v) is 31.3. The number of aromatic nitrogens is 6. The highest BCUT2D eigenvalue weighted by molar-refractivity contribution is 6.31. The molecule has 0 aliphatic rings. The summed E-state index contributed by atoms with van der Waals surface area (Å²) in [6, 6.07) is 22.8. The molecule has 8 rings (SSSR count). The first-order valence-electron chi connectivity index (χ1n) is 16.2. The maximum absolute atomic E-state index is 12.1. The average molecular weight is 790 g/mol. The number of carbonyl (C=O) groups is 2. The molecule has 0 atom stereocenters. The van der Waals surface area contributed by atoms with E-state index in [9.17, 15) is 9.59 Å². The third-order valence-corrected chi connectivity index (χ3v) is 8.97. The Labute approximate surface area is 328 Å². The van der Waals surface area contributed by atoms with Gasteiger partial charge in [0.25, 0.3) is 0 Å². The van der Waals surface area contributed by atoms with Gasteiger partial charge in [-0.1, -0.05) is 35.3 Å². The van der Waals surface area contributed by atoms with E-state index in [2.05, 4.69) is 29.7 Å². The second-order valence-electron chi connectivity index (χ2n) is 11.8. The molecule has 2 aromatic carbocycles. The summed E-state index contributed by atoms with van der Waals surface area (Å²) in [6.07, 6.45) is 9.41. The lowest BCUT2D eigenvalue weighted by Crippen LogP contribution is -2.01. The molecule has 6 heterocycles. The number of ether oxygens (including phenoxy) is 2. The fourth-order valence-corrected chi connectivity index (χ4v) is 6.15. The van der Waals surface area contributed by atoms with Crippen molar-refractivity contribution < 1.29 is 19.1 Å². The fourth-order valence-electron chi connectivity index (χ4n) is 5.66. The largest absolute Gasteiger partial charge is 0.465 e. The summed E-state index contributed by atoms with van der Waals surface area (Å²) < 4.78 is 11.3. The number of rotatable bonds is 5. The van der Waals surface area contributed by atoms with E-state index in [1.54, 1.807) is 30.7 Å². The number of hydrogen-bond acceptors (Lipinski definition) is 10. The Morgan fingerprint density at radius 1 is 0.727 bits per heavy atom. The van der Waals surface area contributed by atoms with Gasteiger partial charge in [0.05, 0.1) is 57.6 Å². The Hall–Kier alpha value is -6.57. The molecule has 272 valence electrons. The van der Waals surface area contributed by atoms with Gasteiger partial charge in [0.1, 0.15) is 23.4 Å². The van der Waals surface area contributed by atoms with E-state index >= 15 is 0 Å². The van der Waals surface area contributed by atoms with Gasteiger partial charge in [0, 0.05) is 71.2 Å². The van der Waals surface area contributed by atoms with Crippen LogP contribution in [0.15, 0.2) is 97.8 Å². The van der Waals surface area contributed by atoms with Crippen molar-refractivity contribution in [3.63, 3.8) is 0 Å². The minimum atomic E-state index is -0.467. The lowest BCUT2D eigenvalue weighted by atomic mass is 10.1. The predicted octanol–water partition coefficient (Wildman–Crippen LogP) is 8.79. The number of methoxy groups -OCH3 is 2. The first-order valence-corrected chi connectivity index (χ1v) is 17.5. The Morgan fingerprint density at radius 2 is 1.29 bits per heavy atom. The summed E-state index contributed by atoms with van der Waals surface area (Å²) in [7, 11) is 2.63. The van der Waals surface area contributed by atoms with E-state index in [4.69, 9.17) is 50.1 Å². The molecule has 0 unspecified atom stereocenters. The molecule has 8 aromatic rings. The van der Waals surface area contributed by atoms with Gasteiger partial charge in [-0.05, 0) is 59.7 Å². The number of pyridine rings is 4. The van der Waals surface area contributed by atoms with Gasteiger partial charge in [0.15, 0.2) is 0 Å². The third-order valence-electron chi connectivity index (χ3n) is 8.25. The van der Waals surface area contributed by atoms with E-state index < -0.39 is 11.9 Å². The number of nitriles is 2. The van der Waals surface area contributed by atoms with Crippen LogP contribution in [-0.2, 0) is 21.9 Å². The zero-order valence-electron chi connectivity index (χ0n) is 29.0. The minimum absolute atomic E-state index is 0.377. The van der Waals surface area contributed by atoms with Gasteiger partial charge in [0.2, 0.25) is 0 Å². The van der Waals surface area contributed by atoms with Gasteiger partial charge in [-0.2, -0.15) is 10.5 Å². The summed E-state index contributed by atoms with van der Waals surface area (Å²) in [4.78, 5) is 43.1. The molecule has 0 aliphatic carbocycles. The average Bonchev–Trinajstić information content (AvgIpc) is 3.81. The first-order chi connectivity index (χ1) is 26.6. The highest BCUT2D eigenvalue weighted by Gasteiger charge is 2.18. The van der Waals surface area contributed by atoms with Crippen LogP contribution in [0.3, 0.4) is 0 Å². The standard InChI is InChI=1S/C20H13ClN4O2.C10H7Cl2N.C10H7N3O2/c1-27-20(26)17-11-25(19-16(17)5-13(7-22)8-24-19)10-12-2-3-18-14(4-12)6-15(21)9-23-18;11-5-7-1-2-10-8(3-7)4-9(12)6-13-10;1-15-10(14)8-5-13-9-7(8)2-6(3-11)4-12-9/h2-6,8-9,11H,10H2,1H3;1-4,6H,5H2;2,4-5H,1H3,(H,12,13). The van der Waals surface area contributed by atoms with Crippen LogP contribution >= 0.6 is 34.8 Å². The maximum atomic E-state index is 12.1. The molecule has 0 fully saturated rings. The molecule has 12 nitrogen and oxygen atoms in total. The highest BCUT2D eigenvalue weighted by Crippen LogP contribution is 2.25. The number of benzene rings is 2. The van der Waals surface area contributed by atoms with Crippen molar-refractivity contribution >= 4 is 90.6 Å². The number of nitrogens with one attached hydrogen (secondary N) is 1. The lowest BCUT2D eigenvalue weighted by molar-refractivity contribution is 0.0594. The fraction of sp³-hybridized carbons (Fsp3) is 0.100. The quantitative estimate of drug-likeness (QED) is 0.131. The van der Waals surface area contributed by atoms with Crippen LogP contribution in [0.5, 0.6) is 0 Å². The molecule has 15 heteroatoms. The Kier molecular flexibility index (Phi) is 11.8. The monoisotopic (exact) mass is 788 g/mol. The van der Waals surface area contributed by atoms with Crippen molar-refractivity contribution in [1.29, 1.82) is 10.5 Å². The Balaban J connectivity index is 0.000000155. The molecule has 1 N–H and O–H groups in total. The highest BCUT2D eigenvalue weighted by atomic mass is 35.5. The van der Waals surface area contributed by atoms with Crippen molar-refractivity contribution in [2.75, 3.05) is 14.2 Å². The van der Waals surface area contributed by atoms with E-state index in [-0.39, 0.29) is 0 Å². The van der Waals surface area contributed by atoms with Crippen LogP contribution in [0.4, 0.5) is 0 Å². The normalized spacial score (nSPS) is 10.5.